The largest absolute Gasteiger partial charge is 0.480 e. The summed E-state index contributed by atoms with van der Waals surface area (Å²) >= 11 is 11.7. The van der Waals surface area contributed by atoms with E-state index >= 15 is 0 Å². The van der Waals surface area contributed by atoms with Crippen molar-refractivity contribution in [2.45, 2.75) is 19.4 Å². The molecule has 7 heteroatoms. The first-order valence-corrected chi connectivity index (χ1v) is 6.29. The highest BCUT2D eigenvalue weighted by molar-refractivity contribution is 6.35. The zero-order valence-electron chi connectivity index (χ0n) is 10.2. The molecule has 0 radical (unpaired) electrons. The van der Waals surface area contributed by atoms with Crippen molar-refractivity contribution < 1.29 is 19.4 Å². The molecule has 1 aromatic rings. The van der Waals surface area contributed by atoms with Crippen molar-refractivity contribution in [3.8, 4) is 0 Å². The summed E-state index contributed by atoms with van der Waals surface area (Å²) in [5.74, 6) is -1.17. The Morgan fingerprint density at radius 2 is 2.11 bits per heavy atom. The normalized spacial score (nSPS) is 11.7. The van der Waals surface area contributed by atoms with E-state index < -0.39 is 18.1 Å². The third kappa shape index (κ3) is 4.96. The van der Waals surface area contributed by atoms with Crippen LogP contribution in [0.3, 0.4) is 0 Å². The molecule has 0 aliphatic heterocycles. The highest BCUT2D eigenvalue weighted by atomic mass is 35.5. The average Bonchev–Trinajstić information content (AvgIpc) is 2.31. The van der Waals surface area contributed by atoms with Gasteiger partial charge < -0.3 is 15.2 Å². The molecule has 0 heterocycles. The van der Waals surface area contributed by atoms with E-state index in [2.05, 4.69) is 10.1 Å². The van der Waals surface area contributed by atoms with E-state index in [0.29, 0.717) is 15.6 Å². The van der Waals surface area contributed by atoms with Gasteiger partial charge in [-0.3, -0.25) is 0 Å². The molecule has 0 spiro atoms. The van der Waals surface area contributed by atoms with E-state index in [1.807, 2.05) is 0 Å². The molecule has 0 fully saturated rings. The molecule has 5 nitrogen and oxygen atoms in total. The number of nitrogens with one attached hydrogen (secondary N) is 1. The second-order valence-electron chi connectivity index (χ2n) is 3.70. The summed E-state index contributed by atoms with van der Waals surface area (Å²) in [5, 5.41) is 12.1. The molecule has 104 valence electrons. The van der Waals surface area contributed by atoms with Crippen LogP contribution in [0.2, 0.25) is 10.0 Å². The number of alkyl carbamates (subject to hydrolysis) is 1. The summed E-state index contributed by atoms with van der Waals surface area (Å²) in [4.78, 5) is 22.3. The predicted octanol–water partition coefficient (Wildman–Crippen LogP) is 2.74. The number of rotatable bonds is 5. The van der Waals surface area contributed by atoms with Crippen LogP contribution in [0, 0.1) is 0 Å². The van der Waals surface area contributed by atoms with Crippen LogP contribution in [0.25, 0.3) is 0 Å². The first-order chi connectivity index (χ1) is 8.93. The monoisotopic (exact) mass is 305 g/mol. The SMILES string of the molecule is CCOC(=O)N[C@H](Cc1ccc(Cl)cc1Cl)C(=O)O. The van der Waals surface area contributed by atoms with Gasteiger partial charge in [-0.1, -0.05) is 29.3 Å². The Balaban J connectivity index is 2.78. The number of hydrogen-bond acceptors (Lipinski definition) is 3. The number of aliphatic carboxylic acids is 1. The highest BCUT2D eigenvalue weighted by Gasteiger charge is 2.22. The van der Waals surface area contributed by atoms with Crippen molar-refractivity contribution in [1.29, 1.82) is 0 Å². The van der Waals surface area contributed by atoms with Crippen LogP contribution in [0.1, 0.15) is 12.5 Å². The molecule has 0 aromatic heterocycles. The fraction of sp³-hybridized carbons (Fsp3) is 0.333. The smallest absolute Gasteiger partial charge is 0.407 e. The first-order valence-electron chi connectivity index (χ1n) is 5.54. The lowest BCUT2D eigenvalue weighted by molar-refractivity contribution is -0.139. The maximum absolute atomic E-state index is 11.2. The first kappa shape index (κ1) is 15.6. The summed E-state index contributed by atoms with van der Waals surface area (Å²) in [6, 6.07) is 3.62. The van der Waals surface area contributed by atoms with E-state index in [1.165, 1.54) is 6.07 Å². The van der Waals surface area contributed by atoms with Gasteiger partial charge in [-0.2, -0.15) is 0 Å². The Morgan fingerprint density at radius 1 is 1.42 bits per heavy atom. The number of carbonyl (C=O) groups is 2. The molecule has 0 aliphatic rings. The third-order valence-corrected chi connectivity index (χ3v) is 2.89. The van der Waals surface area contributed by atoms with Crippen molar-refractivity contribution >= 4 is 35.3 Å². The van der Waals surface area contributed by atoms with Crippen LogP contribution >= 0.6 is 23.2 Å². The Hall–Kier alpha value is -1.46. The van der Waals surface area contributed by atoms with Crippen molar-refractivity contribution in [2.24, 2.45) is 0 Å². The highest BCUT2D eigenvalue weighted by Crippen LogP contribution is 2.22. The maximum atomic E-state index is 11.2. The Kier molecular flexibility index (Phi) is 5.92. The number of hydrogen-bond donors (Lipinski definition) is 2. The fourth-order valence-corrected chi connectivity index (χ4v) is 1.91. The Morgan fingerprint density at radius 3 is 2.63 bits per heavy atom. The number of carboxylic acids is 1. The number of amides is 1. The standard InChI is InChI=1S/C12H13Cl2NO4/c1-2-19-12(18)15-10(11(16)17)5-7-3-4-8(13)6-9(7)14/h3-4,6,10H,2,5H2,1H3,(H,15,18)(H,16,17)/t10-/m1/s1. The van der Waals surface area contributed by atoms with Gasteiger partial charge in [0.25, 0.3) is 0 Å². The minimum atomic E-state index is -1.17. The minimum Gasteiger partial charge on any atom is -0.480 e. The predicted molar refractivity (Wildman–Crippen MR) is 71.7 cm³/mol. The number of halogens is 2. The van der Waals surface area contributed by atoms with Crippen LogP contribution in [0.4, 0.5) is 4.79 Å². The van der Waals surface area contributed by atoms with Gasteiger partial charge in [0.15, 0.2) is 0 Å². The van der Waals surface area contributed by atoms with Gasteiger partial charge in [0.05, 0.1) is 6.61 Å². The zero-order chi connectivity index (χ0) is 14.4. The van der Waals surface area contributed by atoms with Gasteiger partial charge >= 0.3 is 12.1 Å². The zero-order valence-corrected chi connectivity index (χ0v) is 11.7. The molecule has 1 amide bonds. The van der Waals surface area contributed by atoms with E-state index in [9.17, 15) is 9.59 Å². The molecule has 0 saturated heterocycles. The summed E-state index contributed by atoms with van der Waals surface area (Å²) in [6.07, 6.45) is -0.732. The molecule has 0 bridgehead atoms. The van der Waals surface area contributed by atoms with E-state index in [4.69, 9.17) is 28.3 Å². The Labute approximate surface area is 120 Å². The van der Waals surface area contributed by atoms with Gasteiger partial charge in [-0.25, -0.2) is 9.59 Å². The lowest BCUT2D eigenvalue weighted by Crippen LogP contribution is -2.42. The molecule has 0 saturated carbocycles. The summed E-state index contributed by atoms with van der Waals surface area (Å²) < 4.78 is 4.64. The lowest BCUT2D eigenvalue weighted by atomic mass is 10.1. The number of carboxylic acid groups (broad SMARTS) is 1. The van der Waals surface area contributed by atoms with Crippen LogP contribution in [0.5, 0.6) is 0 Å². The van der Waals surface area contributed by atoms with Gasteiger partial charge in [0.2, 0.25) is 0 Å². The van der Waals surface area contributed by atoms with Gasteiger partial charge in [-0.15, -0.1) is 0 Å². The average molecular weight is 306 g/mol. The lowest BCUT2D eigenvalue weighted by Gasteiger charge is -2.15. The van der Waals surface area contributed by atoms with Gasteiger partial charge in [-0.05, 0) is 24.6 Å². The second-order valence-corrected chi connectivity index (χ2v) is 4.54. The minimum absolute atomic E-state index is 0.0458. The molecule has 2 N–H and O–H groups in total. The van der Waals surface area contributed by atoms with E-state index in [0.717, 1.165) is 0 Å². The third-order valence-electron chi connectivity index (χ3n) is 2.30. The van der Waals surface area contributed by atoms with Crippen LogP contribution < -0.4 is 5.32 Å². The molecule has 1 aromatic carbocycles. The molecule has 19 heavy (non-hydrogen) atoms. The van der Waals surface area contributed by atoms with Crippen molar-refractivity contribution in [3.05, 3.63) is 33.8 Å². The van der Waals surface area contributed by atoms with Gasteiger partial charge in [0, 0.05) is 16.5 Å². The summed E-state index contributed by atoms with van der Waals surface area (Å²) in [7, 11) is 0. The molecular weight excluding hydrogens is 293 g/mol. The van der Waals surface area contributed by atoms with Crippen LogP contribution in [-0.2, 0) is 16.0 Å². The quantitative estimate of drug-likeness (QED) is 0.877. The van der Waals surface area contributed by atoms with E-state index in [1.54, 1.807) is 19.1 Å². The summed E-state index contributed by atoms with van der Waals surface area (Å²) in [5.41, 5.74) is 0.579. The topological polar surface area (TPSA) is 75.6 Å². The Bertz CT molecular complexity index is 479. The molecule has 1 atom stereocenters. The van der Waals surface area contributed by atoms with Crippen molar-refractivity contribution in [3.63, 3.8) is 0 Å². The summed E-state index contributed by atoms with van der Waals surface area (Å²) in [6.45, 7) is 1.80. The fourth-order valence-electron chi connectivity index (χ4n) is 1.42. The van der Waals surface area contributed by atoms with Crippen molar-refractivity contribution in [1.82, 2.24) is 5.32 Å². The van der Waals surface area contributed by atoms with Crippen molar-refractivity contribution in [2.75, 3.05) is 6.61 Å². The van der Waals surface area contributed by atoms with Gasteiger partial charge in [0.1, 0.15) is 6.04 Å². The number of carbonyl (C=O) groups excluding carboxylic acids is 1. The second kappa shape index (κ2) is 7.21. The molecular formula is C12H13Cl2NO4. The molecule has 0 aliphatic carbocycles. The van der Waals surface area contributed by atoms with Crippen LogP contribution in [-0.4, -0.2) is 29.8 Å². The van der Waals surface area contributed by atoms with Crippen LogP contribution in [0.15, 0.2) is 18.2 Å². The molecule has 0 unspecified atom stereocenters. The number of ether oxygens (including phenoxy) is 1. The maximum Gasteiger partial charge on any atom is 0.407 e. The van der Waals surface area contributed by atoms with E-state index in [-0.39, 0.29) is 13.0 Å². The number of benzene rings is 1. The molecule has 1 rings (SSSR count).